The average Bonchev–Trinajstić information content (AvgIpc) is 3.28. The van der Waals surface area contributed by atoms with Crippen LogP contribution < -0.4 is 15.8 Å². The maximum absolute atomic E-state index is 12.0. The highest BCUT2D eigenvalue weighted by Crippen LogP contribution is 2.41. The number of methoxy groups -OCH3 is 1. The second kappa shape index (κ2) is 6.58. The summed E-state index contributed by atoms with van der Waals surface area (Å²) in [4.78, 5) is 22.6. The lowest BCUT2D eigenvalue weighted by Gasteiger charge is -2.21. The minimum absolute atomic E-state index is 0.122. The number of rotatable bonds is 7. The fourth-order valence-corrected chi connectivity index (χ4v) is 2.26. The molecule has 1 fully saturated rings. The van der Waals surface area contributed by atoms with E-state index in [1.165, 1.54) is 0 Å². The summed E-state index contributed by atoms with van der Waals surface area (Å²) in [6.07, 6.45) is 1.72. The molecule has 4 N–H and O–H groups in total. The van der Waals surface area contributed by atoms with E-state index in [9.17, 15) is 9.59 Å². The number of nitrogens with two attached hydrogens (primary N) is 1. The average molecular weight is 292 g/mol. The highest BCUT2D eigenvalue weighted by Gasteiger charge is 2.34. The highest BCUT2D eigenvalue weighted by molar-refractivity contribution is 5.86. The summed E-state index contributed by atoms with van der Waals surface area (Å²) in [6, 6.07) is 6.35. The molecule has 2 atom stereocenters. The number of aliphatic carboxylic acids is 1. The zero-order valence-electron chi connectivity index (χ0n) is 11.9. The van der Waals surface area contributed by atoms with Crippen LogP contribution >= 0.6 is 0 Å². The Balaban J connectivity index is 2.05. The molecule has 0 radical (unpaired) electrons. The molecule has 2 unspecified atom stereocenters. The van der Waals surface area contributed by atoms with Crippen molar-refractivity contribution in [2.75, 3.05) is 7.11 Å². The van der Waals surface area contributed by atoms with Gasteiger partial charge in [-0.25, -0.2) is 0 Å². The van der Waals surface area contributed by atoms with E-state index in [-0.39, 0.29) is 12.5 Å². The van der Waals surface area contributed by atoms with Gasteiger partial charge in [0.15, 0.2) is 0 Å². The van der Waals surface area contributed by atoms with E-state index in [1.54, 1.807) is 7.11 Å². The zero-order chi connectivity index (χ0) is 15.4. The van der Waals surface area contributed by atoms with Gasteiger partial charge in [-0.3, -0.25) is 9.59 Å². The fourth-order valence-electron chi connectivity index (χ4n) is 2.26. The summed E-state index contributed by atoms with van der Waals surface area (Å²) in [5.74, 6) is -0.364. The number of carbonyl (C=O) groups excluding carboxylic acids is 1. The number of hydrogen-bond donors (Lipinski definition) is 3. The van der Waals surface area contributed by atoms with Crippen molar-refractivity contribution < 1.29 is 19.4 Å². The van der Waals surface area contributed by atoms with Crippen LogP contribution in [0, 0.1) is 5.92 Å². The van der Waals surface area contributed by atoms with Crippen molar-refractivity contribution in [3.8, 4) is 5.75 Å². The predicted octanol–water partition coefficient (Wildman–Crippen LogP) is 1.06. The molecule has 1 aliphatic rings. The molecule has 0 aliphatic heterocycles. The molecule has 0 aromatic heterocycles. The number of amides is 1. The SMILES string of the molecule is COc1ccc(C(NC(=O)C(N)CC(=O)O)C2CC2)cc1. The van der Waals surface area contributed by atoms with Gasteiger partial charge < -0.3 is 20.9 Å². The molecule has 1 aliphatic carbocycles. The van der Waals surface area contributed by atoms with Crippen molar-refractivity contribution in [1.82, 2.24) is 5.32 Å². The van der Waals surface area contributed by atoms with Crippen molar-refractivity contribution in [3.63, 3.8) is 0 Å². The summed E-state index contributed by atoms with van der Waals surface area (Å²) < 4.78 is 5.12. The number of benzene rings is 1. The number of hydrogen-bond acceptors (Lipinski definition) is 4. The molecule has 1 aromatic carbocycles. The van der Waals surface area contributed by atoms with Crippen molar-refractivity contribution in [3.05, 3.63) is 29.8 Å². The fraction of sp³-hybridized carbons (Fsp3) is 0.467. The van der Waals surface area contributed by atoms with Gasteiger partial charge in [-0.05, 0) is 36.5 Å². The van der Waals surface area contributed by atoms with Crippen LogP contribution in [0.2, 0.25) is 0 Å². The molecule has 0 heterocycles. The van der Waals surface area contributed by atoms with Gasteiger partial charge in [0, 0.05) is 0 Å². The first-order valence-electron chi connectivity index (χ1n) is 6.93. The minimum Gasteiger partial charge on any atom is -0.497 e. The molecule has 21 heavy (non-hydrogen) atoms. The third-order valence-corrected chi connectivity index (χ3v) is 3.60. The molecule has 0 spiro atoms. The molecule has 1 aromatic rings. The molecule has 0 bridgehead atoms. The Morgan fingerprint density at radius 1 is 1.38 bits per heavy atom. The number of ether oxygens (including phenoxy) is 1. The molecule has 0 saturated heterocycles. The van der Waals surface area contributed by atoms with Gasteiger partial charge >= 0.3 is 5.97 Å². The lowest BCUT2D eigenvalue weighted by molar-refractivity contribution is -0.139. The van der Waals surface area contributed by atoms with E-state index >= 15 is 0 Å². The molecular formula is C15H20N2O4. The first kappa shape index (κ1) is 15.3. The van der Waals surface area contributed by atoms with E-state index in [0.29, 0.717) is 5.92 Å². The number of carboxylic acid groups (broad SMARTS) is 1. The van der Waals surface area contributed by atoms with Gasteiger partial charge in [-0.2, -0.15) is 0 Å². The van der Waals surface area contributed by atoms with Crippen molar-refractivity contribution in [2.24, 2.45) is 11.7 Å². The Morgan fingerprint density at radius 3 is 2.48 bits per heavy atom. The summed E-state index contributed by atoms with van der Waals surface area (Å²) >= 11 is 0. The molecular weight excluding hydrogens is 272 g/mol. The third kappa shape index (κ3) is 4.19. The molecule has 6 heteroatoms. The normalized spacial score (nSPS) is 16.9. The number of carboxylic acids is 1. The van der Waals surface area contributed by atoms with Gasteiger partial charge in [-0.1, -0.05) is 12.1 Å². The van der Waals surface area contributed by atoms with Crippen LogP contribution in [0.15, 0.2) is 24.3 Å². The number of carbonyl (C=O) groups is 2. The first-order valence-corrected chi connectivity index (χ1v) is 6.93. The monoisotopic (exact) mass is 292 g/mol. The lowest BCUT2D eigenvalue weighted by atomic mass is 10.0. The van der Waals surface area contributed by atoms with Gasteiger partial charge in [0.25, 0.3) is 0 Å². The van der Waals surface area contributed by atoms with Crippen molar-refractivity contribution >= 4 is 11.9 Å². The van der Waals surface area contributed by atoms with Gasteiger partial charge in [0.05, 0.1) is 25.6 Å². The van der Waals surface area contributed by atoms with Crippen LogP contribution in [-0.2, 0) is 9.59 Å². The van der Waals surface area contributed by atoms with Crippen molar-refractivity contribution in [1.29, 1.82) is 0 Å². The van der Waals surface area contributed by atoms with Crippen LogP contribution in [0.25, 0.3) is 0 Å². The van der Waals surface area contributed by atoms with E-state index in [2.05, 4.69) is 5.32 Å². The highest BCUT2D eigenvalue weighted by atomic mass is 16.5. The van der Waals surface area contributed by atoms with E-state index in [1.807, 2.05) is 24.3 Å². The summed E-state index contributed by atoms with van der Waals surface area (Å²) in [6.45, 7) is 0. The Bertz CT molecular complexity index is 511. The van der Waals surface area contributed by atoms with E-state index < -0.39 is 17.9 Å². The van der Waals surface area contributed by atoms with E-state index in [4.69, 9.17) is 15.6 Å². The van der Waals surface area contributed by atoms with Gasteiger partial charge in [-0.15, -0.1) is 0 Å². The molecule has 1 amide bonds. The summed E-state index contributed by atoms with van der Waals surface area (Å²) in [5, 5.41) is 11.6. The Labute approximate surface area is 123 Å². The third-order valence-electron chi connectivity index (χ3n) is 3.60. The van der Waals surface area contributed by atoms with Crippen molar-refractivity contribution in [2.45, 2.75) is 31.3 Å². The van der Waals surface area contributed by atoms with Gasteiger partial charge in [0.1, 0.15) is 5.75 Å². The maximum atomic E-state index is 12.0. The smallest absolute Gasteiger partial charge is 0.305 e. The van der Waals surface area contributed by atoms with E-state index in [0.717, 1.165) is 24.2 Å². The van der Waals surface area contributed by atoms with Crippen LogP contribution in [0.5, 0.6) is 5.75 Å². The lowest BCUT2D eigenvalue weighted by Crippen LogP contribution is -2.43. The standard InChI is InChI=1S/C15H20N2O4/c1-21-11-6-4-10(5-7-11)14(9-2-3-9)17-15(20)12(16)8-13(18)19/h4-7,9,12,14H,2-3,8,16H2,1H3,(H,17,20)(H,18,19). The van der Waals surface area contributed by atoms with Crippen LogP contribution in [-0.4, -0.2) is 30.1 Å². The molecule has 114 valence electrons. The number of nitrogens with one attached hydrogen (secondary N) is 1. The Hall–Kier alpha value is -2.08. The topological polar surface area (TPSA) is 102 Å². The predicted molar refractivity (Wildman–Crippen MR) is 76.8 cm³/mol. The molecule has 2 rings (SSSR count). The van der Waals surface area contributed by atoms with Crippen LogP contribution in [0.3, 0.4) is 0 Å². The second-order valence-corrected chi connectivity index (χ2v) is 5.30. The summed E-state index contributed by atoms with van der Waals surface area (Å²) in [7, 11) is 1.60. The van der Waals surface area contributed by atoms with Gasteiger partial charge in [0.2, 0.25) is 5.91 Å². The second-order valence-electron chi connectivity index (χ2n) is 5.30. The first-order chi connectivity index (χ1) is 10.0. The Morgan fingerprint density at radius 2 is 2.00 bits per heavy atom. The quantitative estimate of drug-likeness (QED) is 0.697. The maximum Gasteiger partial charge on any atom is 0.305 e. The Kier molecular flexibility index (Phi) is 4.80. The zero-order valence-corrected chi connectivity index (χ0v) is 11.9. The largest absolute Gasteiger partial charge is 0.497 e. The van der Waals surface area contributed by atoms with Crippen LogP contribution in [0.1, 0.15) is 30.9 Å². The molecule has 6 nitrogen and oxygen atoms in total. The summed E-state index contributed by atoms with van der Waals surface area (Å²) in [5.41, 5.74) is 6.58. The minimum atomic E-state index is -1.08. The van der Waals surface area contributed by atoms with Crippen LogP contribution in [0.4, 0.5) is 0 Å². The molecule has 1 saturated carbocycles.